The van der Waals surface area contributed by atoms with E-state index in [9.17, 15) is 4.79 Å². The molecule has 0 aromatic carbocycles. The molecule has 0 rings (SSSR count). The van der Waals surface area contributed by atoms with Crippen molar-refractivity contribution >= 4 is 5.97 Å². The van der Waals surface area contributed by atoms with Crippen molar-refractivity contribution in [1.82, 2.24) is 0 Å². The molecule has 0 aromatic heterocycles. The lowest BCUT2D eigenvalue weighted by atomic mass is 10.1. The zero-order valence-electron chi connectivity index (χ0n) is 25.7. The van der Waals surface area contributed by atoms with Crippen LogP contribution in [0.1, 0.15) is 77.6 Å². The fourth-order valence-electron chi connectivity index (χ4n) is 3.59. The number of carbonyl (C=O) groups excluding carboxylic acids is 1. The number of unbranched alkanes of at least 4 members (excludes halogenated alkanes) is 9. The fraction of sp³-hybridized carbons (Fsp3) is 0.967. The molecule has 0 fully saturated rings. The minimum absolute atomic E-state index is 0.254. The van der Waals surface area contributed by atoms with Gasteiger partial charge in [0.2, 0.25) is 0 Å². The Kier molecular flexibility index (Phi) is 35.4. The highest BCUT2D eigenvalue weighted by Crippen LogP contribution is 2.10. The molecule has 0 radical (unpaired) electrons. The summed E-state index contributed by atoms with van der Waals surface area (Å²) in [6.07, 6.45) is 13.7. The van der Waals surface area contributed by atoms with E-state index in [1.54, 1.807) is 0 Å². The summed E-state index contributed by atoms with van der Waals surface area (Å²) in [5.41, 5.74) is 0. The number of rotatable bonds is 35. The molecule has 0 unspecified atom stereocenters. The summed E-state index contributed by atoms with van der Waals surface area (Å²) in [6, 6.07) is 0. The zero-order chi connectivity index (χ0) is 29.0. The molecule has 0 amide bonds. The van der Waals surface area contributed by atoms with Crippen molar-refractivity contribution in [3.8, 4) is 0 Å². The van der Waals surface area contributed by atoms with E-state index in [0.717, 1.165) is 13.0 Å². The number of hydrogen-bond donors (Lipinski definition) is 0. The van der Waals surface area contributed by atoms with E-state index >= 15 is 0 Å². The summed E-state index contributed by atoms with van der Waals surface area (Å²) in [6.45, 7) is 10.8. The van der Waals surface area contributed by atoms with E-state index in [-0.39, 0.29) is 12.4 Å². The minimum atomic E-state index is -0.278. The molecule has 0 aliphatic heterocycles. The van der Waals surface area contributed by atoms with Gasteiger partial charge in [-0.25, -0.2) is 0 Å². The van der Waals surface area contributed by atoms with E-state index in [2.05, 4.69) is 11.7 Å². The standard InChI is InChI=1S/C30H60O10/c1-3-4-5-6-7-8-9-10-11-12-14-33-16-18-35-20-22-37-24-26-39-28-29-40-27-25-38-23-21-36-19-17-34-15-13-30(31)32-2/h3-29H2,1-2H3. The van der Waals surface area contributed by atoms with E-state index < -0.39 is 0 Å². The van der Waals surface area contributed by atoms with Crippen LogP contribution in [0.3, 0.4) is 0 Å². The average molecular weight is 581 g/mol. The summed E-state index contributed by atoms with van der Waals surface area (Å²) < 4.78 is 48.2. The van der Waals surface area contributed by atoms with Crippen LogP contribution in [0.25, 0.3) is 0 Å². The van der Waals surface area contributed by atoms with E-state index in [4.69, 9.17) is 37.9 Å². The van der Waals surface area contributed by atoms with Crippen molar-refractivity contribution in [2.45, 2.75) is 77.6 Å². The maximum absolute atomic E-state index is 10.9. The Morgan fingerprint density at radius 2 is 0.650 bits per heavy atom. The third-order valence-corrected chi connectivity index (χ3v) is 5.92. The molecule has 0 N–H and O–H groups in total. The molecule has 0 atom stereocenters. The van der Waals surface area contributed by atoms with Crippen molar-refractivity contribution in [2.24, 2.45) is 0 Å². The molecule has 240 valence electrons. The van der Waals surface area contributed by atoms with Gasteiger partial charge in [0.1, 0.15) is 0 Å². The van der Waals surface area contributed by atoms with Crippen molar-refractivity contribution in [3.63, 3.8) is 0 Å². The summed E-state index contributed by atoms with van der Waals surface area (Å²) in [5, 5.41) is 0. The van der Waals surface area contributed by atoms with Crippen LogP contribution in [-0.2, 0) is 47.4 Å². The van der Waals surface area contributed by atoms with Crippen LogP contribution in [0.5, 0.6) is 0 Å². The first-order chi connectivity index (χ1) is 19.8. The SMILES string of the molecule is CCCCCCCCCCCCOCCOCCOCCOCCOCCOCCOCCOCCC(=O)OC. The lowest BCUT2D eigenvalue weighted by Crippen LogP contribution is -2.15. The summed E-state index contributed by atoms with van der Waals surface area (Å²) >= 11 is 0. The van der Waals surface area contributed by atoms with Gasteiger partial charge in [0.05, 0.1) is 113 Å². The molecule has 0 spiro atoms. The quantitative estimate of drug-likeness (QED) is 0.0781. The van der Waals surface area contributed by atoms with Gasteiger partial charge in [-0.2, -0.15) is 0 Å². The van der Waals surface area contributed by atoms with Gasteiger partial charge in [-0.15, -0.1) is 0 Å². The van der Waals surface area contributed by atoms with Crippen molar-refractivity contribution in [3.05, 3.63) is 0 Å². The van der Waals surface area contributed by atoms with Gasteiger partial charge in [0, 0.05) is 6.61 Å². The van der Waals surface area contributed by atoms with Gasteiger partial charge in [0.25, 0.3) is 0 Å². The van der Waals surface area contributed by atoms with Crippen LogP contribution in [0.4, 0.5) is 0 Å². The highest BCUT2D eigenvalue weighted by molar-refractivity contribution is 5.69. The van der Waals surface area contributed by atoms with E-state index in [1.165, 1.54) is 64.9 Å². The van der Waals surface area contributed by atoms with Gasteiger partial charge in [-0.3, -0.25) is 4.79 Å². The van der Waals surface area contributed by atoms with Crippen LogP contribution in [0.2, 0.25) is 0 Å². The molecular formula is C30H60O10. The van der Waals surface area contributed by atoms with Crippen LogP contribution < -0.4 is 0 Å². The van der Waals surface area contributed by atoms with Gasteiger partial charge in [-0.05, 0) is 6.42 Å². The third kappa shape index (κ3) is 35.2. The van der Waals surface area contributed by atoms with Crippen LogP contribution in [0, 0.1) is 0 Å². The van der Waals surface area contributed by atoms with Crippen molar-refractivity contribution < 1.29 is 47.4 Å². The van der Waals surface area contributed by atoms with E-state index in [0.29, 0.717) is 99.1 Å². The number of carbonyl (C=O) groups is 1. The van der Waals surface area contributed by atoms with Crippen molar-refractivity contribution in [1.29, 1.82) is 0 Å². The van der Waals surface area contributed by atoms with Crippen LogP contribution in [0.15, 0.2) is 0 Å². The normalized spacial score (nSPS) is 11.3. The number of methoxy groups -OCH3 is 1. The second kappa shape index (κ2) is 36.2. The Bertz CT molecular complexity index is 481. The lowest BCUT2D eigenvalue weighted by Gasteiger charge is -2.08. The predicted molar refractivity (Wildman–Crippen MR) is 155 cm³/mol. The molecule has 10 nitrogen and oxygen atoms in total. The van der Waals surface area contributed by atoms with Crippen molar-refractivity contribution in [2.75, 3.05) is 113 Å². The highest BCUT2D eigenvalue weighted by Gasteiger charge is 1.99. The third-order valence-electron chi connectivity index (χ3n) is 5.92. The maximum Gasteiger partial charge on any atom is 0.307 e. The Morgan fingerprint density at radius 1 is 0.375 bits per heavy atom. The number of ether oxygens (including phenoxy) is 9. The molecule has 0 aliphatic carbocycles. The number of esters is 1. The monoisotopic (exact) mass is 580 g/mol. The largest absolute Gasteiger partial charge is 0.469 e. The Balaban J connectivity index is 3.04. The first-order valence-electron chi connectivity index (χ1n) is 15.5. The molecular weight excluding hydrogens is 520 g/mol. The Hall–Kier alpha value is -0.850. The summed E-state index contributed by atoms with van der Waals surface area (Å²) in [5.74, 6) is -0.278. The molecule has 0 saturated heterocycles. The molecule has 10 heteroatoms. The van der Waals surface area contributed by atoms with E-state index in [1.807, 2.05) is 0 Å². The molecule has 0 heterocycles. The second-order valence-electron chi connectivity index (χ2n) is 9.41. The molecule has 0 saturated carbocycles. The van der Waals surface area contributed by atoms with Gasteiger partial charge in [0.15, 0.2) is 0 Å². The first kappa shape index (κ1) is 39.1. The predicted octanol–water partition coefficient (Wildman–Crippen LogP) is 4.60. The smallest absolute Gasteiger partial charge is 0.307 e. The Labute approximate surface area is 244 Å². The lowest BCUT2D eigenvalue weighted by molar-refractivity contribution is -0.141. The van der Waals surface area contributed by atoms with Gasteiger partial charge < -0.3 is 42.6 Å². The van der Waals surface area contributed by atoms with Crippen LogP contribution in [-0.4, -0.2) is 119 Å². The molecule has 40 heavy (non-hydrogen) atoms. The first-order valence-corrected chi connectivity index (χ1v) is 15.5. The minimum Gasteiger partial charge on any atom is -0.469 e. The molecule has 0 aliphatic rings. The van der Waals surface area contributed by atoms with Gasteiger partial charge in [-0.1, -0.05) is 64.7 Å². The summed E-state index contributed by atoms with van der Waals surface area (Å²) in [4.78, 5) is 10.9. The van der Waals surface area contributed by atoms with Gasteiger partial charge >= 0.3 is 5.97 Å². The second-order valence-corrected chi connectivity index (χ2v) is 9.41. The molecule has 0 bridgehead atoms. The number of hydrogen-bond acceptors (Lipinski definition) is 10. The summed E-state index contributed by atoms with van der Waals surface area (Å²) in [7, 11) is 1.36. The average Bonchev–Trinajstić information content (AvgIpc) is 2.97. The fourth-order valence-corrected chi connectivity index (χ4v) is 3.59. The topological polar surface area (TPSA) is 100 Å². The maximum atomic E-state index is 10.9. The highest BCUT2D eigenvalue weighted by atomic mass is 16.6. The zero-order valence-corrected chi connectivity index (χ0v) is 25.7. The molecule has 0 aromatic rings. The Morgan fingerprint density at radius 3 is 0.975 bits per heavy atom. The van der Waals surface area contributed by atoms with Crippen LogP contribution >= 0.6 is 0 Å².